The fraction of sp³-hybridized carbons (Fsp3) is 0.714. The van der Waals surface area contributed by atoms with Crippen LogP contribution in [0, 0.1) is 11.8 Å². The number of nitrogens with one attached hydrogen (secondary N) is 1. The zero-order chi connectivity index (χ0) is 14.0. The van der Waals surface area contributed by atoms with Gasteiger partial charge >= 0.3 is 0 Å². The molecular formula is C14H22BrN3O. The molecule has 1 unspecified atom stereocenters. The van der Waals surface area contributed by atoms with Crippen LogP contribution < -0.4 is 10.9 Å². The summed E-state index contributed by atoms with van der Waals surface area (Å²) in [4.78, 5) is 12.2. The quantitative estimate of drug-likeness (QED) is 0.872. The molecule has 1 saturated carbocycles. The fourth-order valence-electron chi connectivity index (χ4n) is 2.22. The highest BCUT2D eigenvalue weighted by Crippen LogP contribution is 2.34. The van der Waals surface area contributed by atoms with Gasteiger partial charge in [-0.3, -0.25) is 4.79 Å². The molecule has 0 saturated heterocycles. The van der Waals surface area contributed by atoms with E-state index in [-0.39, 0.29) is 5.56 Å². The van der Waals surface area contributed by atoms with E-state index in [1.54, 1.807) is 6.20 Å². The van der Waals surface area contributed by atoms with Crippen molar-refractivity contribution in [2.75, 3.05) is 5.32 Å². The van der Waals surface area contributed by atoms with Crippen molar-refractivity contribution in [3.8, 4) is 0 Å². The number of nitrogens with zero attached hydrogens (tertiary/aromatic N) is 2. The van der Waals surface area contributed by atoms with Gasteiger partial charge in [-0.15, -0.1) is 0 Å². The SMILES string of the molecule is CC(C)Cn1ncc(NC(C)CC2CC2)c(Br)c1=O. The number of halogens is 1. The summed E-state index contributed by atoms with van der Waals surface area (Å²) in [6, 6.07) is 0.381. The summed E-state index contributed by atoms with van der Waals surface area (Å²) in [5, 5.41) is 7.62. The van der Waals surface area contributed by atoms with Crippen LogP contribution in [0.4, 0.5) is 5.69 Å². The Hall–Kier alpha value is -0.840. The Kier molecular flexibility index (Phi) is 4.66. The van der Waals surface area contributed by atoms with Crippen LogP contribution in [0.15, 0.2) is 15.5 Å². The Bertz CT molecular complexity index is 494. The Balaban J connectivity index is 2.08. The molecule has 1 aromatic heterocycles. The Morgan fingerprint density at radius 2 is 2.16 bits per heavy atom. The Morgan fingerprint density at radius 3 is 2.74 bits per heavy atom. The second-order valence-electron chi connectivity index (χ2n) is 5.98. The third-order valence-electron chi connectivity index (χ3n) is 3.31. The maximum Gasteiger partial charge on any atom is 0.283 e. The van der Waals surface area contributed by atoms with Crippen molar-refractivity contribution in [3.05, 3.63) is 21.0 Å². The van der Waals surface area contributed by atoms with Gasteiger partial charge in [-0.05, 0) is 41.1 Å². The van der Waals surface area contributed by atoms with E-state index in [1.165, 1.54) is 23.9 Å². The first-order chi connectivity index (χ1) is 8.97. The van der Waals surface area contributed by atoms with Crippen molar-refractivity contribution in [3.63, 3.8) is 0 Å². The van der Waals surface area contributed by atoms with Crippen LogP contribution in [-0.4, -0.2) is 15.8 Å². The first-order valence-corrected chi connectivity index (χ1v) is 7.78. The lowest BCUT2D eigenvalue weighted by molar-refractivity contribution is 0.462. The molecule has 0 spiro atoms. The van der Waals surface area contributed by atoms with E-state index >= 15 is 0 Å². The number of hydrogen-bond acceptors (Lipinski definition) is 3. The van der Waals surface area contributed by atoms with Crippen LogP contribution in [-0.2, 0) is 6.54 Å². The lowest BCUT2D eigenvalue weighted by Crippen LogP contribution is -2.27. The van der Waals surface area contributed by atoms with Gasteiger partial charge in [0.25, 0.3) is 5.56 Å². The second-order valence-corrected chi connectivity index (χ2v) is 6.77. The minimum atomic E-state index is -0.0580. The Labute approximate surface area is 122 Å². The lowest BCUT2D eigenvalue weighted by atomic mass is 10.1. The van der Waals surface area contributed by atoms with Crippen molar-refractivity contribution >= 4 is 21.6 Å². The molecule has 2 rings (SSSR count). The molecule has 1 atom stereocenters. The predicted molar refractivity (Wildman–Crippen MR) is 81.5 cm³/mol. The molecular weight excluding hydrogens is 306 g/mol. The van der Waals surface area contributed by atoms with Gasteiger partial charge in [0, 0.05) is 12.6 Å². The van der Waals surface area contributed by atoms with Crippen molar-refractivity contribution in [2.45, 2.75) is 52.6 Å². The topological polar surface area (TPSA) is 46.9 Å². The van der Waals surface area contributed by atoms with E-state index < -0.39 is 0 Å². The molecule has 1 aromatic rings. The molecule has 1 N–H and O–H groups in total. The van der Waals surface area contributed by atoms with Crippen LogP contribution in [0.5, 0.6) is 0 Å². The average molecular weight is 328 g/mol. The summed E-state index contributed by atoms with van der Waals surface area (Å²) in [6.45, 7) is 6.96. The maximum absolute atomic E-state index is 12.2. The van der Waals surface area contributed by atoms with E-state index in [0.717, 1.165) is 11.6 Å². The highest BCUT2D eigenvalue weighted by atomic mass is 79.9. The van der Waals surface area contributed by atoms with Crippen LogP contribution in [0.25, 0.3) is 0 Å². The van der Waals surface area contributed by atoms with Crippen LogP contribution in [0.1, 0.15) is 40.0 Å². The lowest BCUT2D eigenvalue weighted by Gasteiger charge is -2.16. The van der Waals surface area contributed by atoms with E-state index in [1.807, 2.05) is 0 Å². The van der Waals surface area contributed by atoms with E-state index in [9.17, 15) is 4.79 Å². The van der Waals surface area contributed by atoms with Crippen molar-refractivity contribution in [1.29, 1.82) is 0 Å². The molecule has 5 heteroatoms. The molecule has 4 nitrogen and oxygen atoms in total. The molecule has 0 aromatic carbocycles. The van der Waals surface area contributed by atoms with Crippen LogP contribution in [0.3, 0.4) is 0 Å². The van der Waals surface area contributed by atoms with Crippen LogP contribution >= 0.6 is 15.9 Å². The third kappa shape index (κ3) is 4.06. The van der Waals surface area contributed by atoms with Gasteiger partial charge in [0.05, 0.1) is 11.9 Å². The van der Waals surface area contributed by atoms with Crippen LogP contribution in [0.2, 0.25) is 0 Å². The number of anilines is 1. The van der Waals surface area contributed by atoms with Gasteiger partial charge in [-0.1, -0.05) is 26.7 Å². The van der Waals surface area contributed by atoms with Gasteiger partial charge in [-0.2, -0.15) is 5.10 Å². The zero-order valence-corrected chi connectivity index (χ0v) is 13.4. The molecule has 19 heavy (non-hydrogen) atoms. The summed E-state index contributed by atoms with van der Waals surface area (Å²) in [5.74, 6) is 1.28. The normalized spacial score (nSPS) is 16.7. The molecule has 0 amide bonds. The molecule has 0 bridgehead atoms. The van der Waals surface area contributed by atoms with E-state index in [4.69, 9.17) is 0 Å². The molecule has 106 valence electrons. The largest absolute Gasteiger partial charge is 0.380 e. The smallest absolute Gasteiger partial charge is 0.283 e. The Morgan fingerprint density at radius 1 is 1.47 bits per heavy atom. The summed E-state index contributed by atoms with van der Waals surface area (Å²) in [6.07, 6.45) is 5.61. The first kappa shape index (κ1) is 14.6. The van der Waals surface area contributed by atoms with Gasteiger partial charge < -0.3 is 5.32 Å². The van der Waals surface area contributed by atoms with E-state index in [0.29, 0.717) is 23.0 Å². The second kappa shape index (κ2) is 6.07. The zero-order valence-electron chi connectivity index (χ0n) is 11.8. The van der Waals surface area contributed by atoms with Crippen molar-refractivity contribution in [2.24, 2.45) is 11.8 Å². The summed E-state index contributed by atoms with van der Waals surface area (Å²) < 4.78 is 2.11. The highest BCUT2D eigenvalue weighted by Gasteiger charge is 2.24. The number of hydrogen-bond donors (Lipinski definition) is 1. The minimum Gasteiger partial charge on any atom is -0.380 e. The average Bonchev–Trinajstić information content (AvgIpc) is 3.12. The minimum absolute atomic E-state index is 0.0580. The van der Waals surface area contributed by atoms with Gasteiger partial charge in [0.2, 0.25) is 0 Å². The maximum atomic E-state index is 12.2. The molecule has 1 heterocycles. The number of aromatic nitrogens is 2. The molecule has 1 aliphatic rings. The summed E-state index contributed by atoms with van der Waals surface area (Å²) in [5.41, 5.74) is 0.746. The third-order valence-corrected chi connectivity index (χ3v) is 4.08. The molecule has 1 fully saturated rings. The molecule has 0 radical (unpaired) electrons. The fourth-order valence-corrected chi connectivity index (χ4v) is 2.64. The number of rotatable bonds is 6. The molecule has 1 aliphatic carbocycles. The summed E-state index contributed by atoms with van der Waals surface area (Å²) in [7, 11) is 0. The first-order valence-electron chi connectivity index (χ1n) is 6.99. The predicted octanol–water partition coefficient (Wildman–Crippen LogP) is 3.26. The van der Waals surface area contributed by atoms with Crippen molar-refractivity contribution in [1.82, 2.24) is 9.78 Å². The summed E-state index contributed by atoms with van der Waals surface area (Å²) >= 11 is 3.40. The van der Waals surface area contributed by atoms with Gasteiger partial charge in [-0.25, -0.2) is 4.68 Å². The van der Waals surface area contributed by atoms with Gasteiger partial charge in [0.1, 0.15) is 4.47 Å². The highest BCUT2D eigenvalue weighted by molar-refractivity contribution is 9.10. The molecule has 0 aliphatic heterocycles. The standard InChI is InChI=1S/C14H22BrN3O/c1-9(2)8-18-14(19)13(15)12(7-16-18)17-10(3)6-11-4-5-11/h7,9-11,17H,4-6,8H2,1-3H3. The van der Waals surface area contributed by atoms with Gasteiger partial charge in [0.15, 0.2) is 0 Å². The van der Waals surface area contributed by atoms with Crippen molar-refractivity contribution < 1.29 is 0 Å². The monoisotopic (exact) mass is 327 g/mol. The van der Waals surface area contributed by atoms with E-state index in [2.05, 4.69) is 47.1 Å².